The largest absolute Gasteiger partial charge is 0.309 e. The lowest BCUT2D eigenvalue weighted by Crippen LogP contribution is -2.33. The smallest absolute Gasteiger partial charge is 0.182 e. The van der Waals surface area contributed by atoms with Crippen LogP contribution in [0.25, 0.3) is 83.2 Å². The summed E-state index contributed by atoms with van der Waals surface area (Å²) in [4.78, 5) is 5.43. The summed E-state index contributed by atoms with van der Waals surface area (Å²) in [6.07, 6.45) is 6.13. The Hall–Kier alpha value is -7.95. The highest BCUT2D eigenvalue weighted by Crippen LogP contribution is 2.61. The molecule has 3 heterocycles. The molecule has 61 heavy (non-hydrogen) atoms. The van der Waals surface area contributed by atoms with Gasteiger partial charge in [0, 0.05) is 21.9 Å². The Bertz CT molecular complexity index is 3520. The zero-order valence-electron chi connectivity index (χ0n) is 33.5. The first-order valence-electron chi connectivity index (χ1n) is 20.8. The molecule has 0 fully saturated rings. The van der Waals surface area contributed by atoms with E-state index < -0.39 is 5.41 Å². The Kier molecular flexibility index (Phi) is 7.78. The van der Waals surface area contributed by atoms with Crippen molar-refractivity contribution < 1.29 is 0 Å². The highest BCUT2D eigenvalue weighted by molar-refractivity contribution is 6.13. The average Bonchev–Trinajstić information content (AvgIpc) is 3.82. The molecule has 0 radical (unpaired) electrons. The minimum absolute atomic E-state index is 0.577. The first-order valence-corrected chi connectivity index (χ1v) is 20.8. The maximum atomic E-state index is 5.43. The van der Waals surface area contributed by atoms with Gasteiger partial charge in [-0.15, -0.1) is 10.2 Å². The quantitative estimate of drug-likeness (QED) is 0.158. The van der Waals surface area contributed by atoms with E-state index in [9.17, 15) is 0 Å². The summed E-state index contributed by atoms with van der Waals surface area (Å²) in [5.74, 6) is 0.577. The molecule has 0 saturated carbocycles. The van der Waals surface area contributed by atoms with Crippen molar-refractivity contribution in [1.82, 2.24) is 19.7 Å². The van der Waals surface area contributed by atoms with Crippen molar-refractivity contribution in [1.29, 1.82) is 0 Å². The van der Waals surface area contributed by atoms with Crippen LogP contribution in [0, 0.1) is 0 Å². The van der Waals surface area contributed by atoms with Crippen molar-refractivity contribution in [3.8, 4) is 39.5 Å². The fourth-order valence-electron chi connectivity index (χ4n) is 10.2. The first kappa shape index (κ1) is 35.0. The second-order valence-electron chi connectivity index (χ2n) is 16.1. The highest BCUT2D eigenvalue weighted by Gasteiger charge is 2.50. The fourth-order valence-corrected chi connectivity index (χ4v) is 10.2. The lowest BCUT2D eigenvalue weighted by Gasteiger charge is -2.39. The van der Waals surface area contributed by atoms with Gasteiger partial charge in [-0.3, -0.25) is 0 Å². The molecule has 8 aromatic carbocycles. The number of aromatic nitrogens is 4. The van der Waals surface area contributed by atoms with Crippen molar-refractivity contribution in [2.75, 3.05) is 0 Å². The van der Waals surface area contributed by atoms with Gasteiger partial charge in [0.15, 0.2) is 5.82 Å². The molecule has 1 unspecified atom stereocenters. The van der Waals surface area contributed by atoms with Crippen LogP contribution in [-0.4, -0.2) is 19.7 Å². The first-order chi connectivity index (χ1) is 30.1. The number of para-hydroxylation sites is 3. The molecule has 1 spiro atoms. The maximum absolute atomic E-state index is 5.43. The molecule has 286 valence electrons. The van der Waals surface area contributed by atoms with Crippen molar-refractivity contribution in [2.45, 2.75) is 12.3 Å². The van der Waals surface area contributed by atoms with Crippen LogP contribution < -0.4 is 0 Å². The van der Waals surface area contributed by atoms with Gasteiger partial charge in [0.05, 0.1) is 27.8 Å². The van der Waals surface area contributed by atoms with Gasteiger partial charge in [0.25, 0.3) is 0 Å². The summed E-state index contributed by atoms with van der Waals surface area (Å²) in [7, 11) is 0. The molecule has 0 bridgehead atoms. The predicted molar refractivity (Wildman–Crippen MR) is 252 cm³/mol. The fraction of sp³-hybridized carbons (Fsp3) is 0.0351. The van der Waals surface area contributed by atoms with Crippen molar-refractivity contribution >= 4 is 43.7 Å². The topological polar surface area (TPSA) is 43.6 Å². The average molecular weight is 779 g/mol. The van der Waals surface area contributed by atoms with Crippen LogP contribution in [0.3, 0.4) is 0 Å². The molecule has 4 nitrogen and oxygen atoms in total. The van der Waals surface area contributed by atoms with E-state index in [2.05, 4.69) is 194 Å². The van der Waals surface area contributed by atoms with Crippen molar-refractivity contribution in [3.05, 3.63) is 240 Å². The molecule has 4 heteroatoms. The van der Waals surface area contributed by atoms with Crippen LogP contribution >= 0.6 is 0 Å². The van der Waals surface area contributed by atoms with Gasteiger partial charge < -0.3 is 4.57 Å². The van der Waals surface area contributed by atoms with Gasteiger partial charge in [-0.2, -0.15) is 0 Å². The second kappa shape index (κ2) is 13.6. The van der Waals surface area contributed by atoms with Gasteiger partial charge in [0.1, 0.15) is 5.69 Å². The van der Waals surface area contributed by atoms with E-state index in [1.165, 1.54) is 66.3 Å². The lowest BCUT2D eigenvalue weighted by molar-refractivity contribution is 0.748. The molecule has 10 aromatic rings. The summed E-state index contributed by atoms with van der Waals surface area (Å²) in [6.45, 7) is 6.23. The van der Waals surface area contributed by atoms with Crippen LogP contribution in [0.4, 0.5) is 0 Å². The number of allylic oxidation sites excluding steroid dienone is 5. The maximum Gasteiger partial charge on any atom is 0.182 e. The molecule has 2 aliphatic rings. The Labute approximate surface area is 354 Å². The third-order valence-electron chi connectivity index (χ3n) is 12.9. The number of nitrogens with zero attached hydrogens (tertiary/aromatic N) is 4. The molecule has 0 amide bonds. The second-order valence-corrected chi connectivity index (χ2v) is 16.1. The molecule has 1 aliphatic heterocycles. The minimum atomic E-state index is -0.581. The van der Waals surface area contributed by atoms with Crippen molar-refractivity contribution in [2.24, 2.45) is 0 Å². The lowest BCUT2D eigenvalue weighted by atomic mass is 9.65. The van der Waals surface area contributed by atoms with E-state index in [-0.39, 0.29) is 0 Å². The SMILES string of the molecule is C=C/C(=C\C=C(/C)c1nc(-c2ccc3c(c2)C2(c4ccccc4-3)c3ccccc3-n3c4ccccc4c4cccc2c43)nnc1-c1ccc2ccccc2c1)c1ccccc1. The van der Waals surface area contributed by atoms with Gasteiger partial charge in [0.2, 0.25) is 0 Å². The monoisotopic (exact) mass is 778 g/mol. The highest BCUT2D eigenvalue weighted by atomic mass is 15.2. The van der Waals surface area contributed by atoms with Crippen LogP contribution in [0.15, 0.2) is 207 Å². The molecule has 0 saturated heterocycles. The molecular formula is C57H38N4. The van der Waals surface area contributed by atoms with E-state index in [0.717, 1.165) is 44.6 Å². The summed E-state index contributed by atoms with van der Waals surface area (Å²) in [5.41, 5.74) is 17.1. The van der Waals surface area contributed by atoms with Crippen LogP contribution in [0.1, 0.15) is 40.4 Å². The van der Waals surface area contributed by atoms with Gasteiger partial charge in [-0.1, -0.05) is 183 Å². The molecule has 2 aromatic heterocycles. The van der Waals surface area contributed by atoms with Gasteiger partial charge in [-0.25, -0.2) is 4.98 Å². The predicted octanol–water partition coefficient (Wildman–Crippen LogP) is 13.8. The van der Waals surface area contributed by atoms with Crippen molar-refractivity contribution in [3.63, 3.8) is 0 Å². The standard InChI is InChI=1S/C57H38N4/c1-3-37(38-16-5-4-6-17-38)29-28-36(2)53-54(41-31-30-39-18-7-8-19-40(39)34-41)59-60-56(58-53)42-32-33-44-43-20-9-11-23-47(43)57(50(44)35-42)48-24-12-14-27-52(48)61-51-26-13-10-21-45(51)46-22-15-25-49(57)55(46)61/h3-35H,1H2,2H3/b36-28+,37-29+. The summed E-state index contributed by atoms with van der Waals surface area (Å²) < 4.78 is 2.48. The third kappa shape index (κ3) is 5.09. The summed E-state index contributed by atoms with van der Waals surface area (Å²) >= 11 is 0. The third-order valence-corrected chi connectivity index (χ3v) is 12.9. The number of fused-ring (bicyclic) bond motifs is 13. The van der Waals surface area contributed by atoms with E-state index in [0.29, 0.717) is 5.82 Å². The van der Waals surface area contributed by atoms with Crippen LogP contribution in [0.2, 0.25) is 0 Å². The Morgan fingerprint density at radius 3 is 2.15 bits per heavy atom. The molecular weight excluding hydrogens is 741 g/mol. The zero-order valence-corrected chi connectivity index (χ0v) is 33.5. The van der Waals surface area contributed by atoms with Crippen LogP contribution in [-0.2, 0) is 5.41 Å². The van der Waals surface area contributed by atoms with Gasteiger partial charge in [-0.05, 0) is 92.1 Å². The van der Waals surface area contributed by atoms with E-state index >= 15 is 0 Å². The number of hydrogen-bond acceptors (Lipinski definition) is 3. The Morgan fingerprint density at radius 1 is 0.557 bits per heavy atom. The van der Waals surface area contributed by atoms with E-state index in [1.807, 2.05) is 24.3 Å². The van der Waals surface area contributed by atoms with E-state index in [1.54, 1.807) is 0 Å². The summed E-state index contributed by atoms with van der Waals surface area (Å²) in [5, 5.41) is 14.8. The number of benzene rings is 8. The normalized spacial score (nSPS) is 15.3. The molecule has 12 rings (SSSR count). The summed E-state index contributed by atoms with van der Waals surface area (Å²) in [6, 6.07) is 65.5. The zero-order chi connectivity index (χ0) is 40.7. The molecule has 1 aliphatic carbocycles. The Balaban J connectivity index is 1.09. The minimum Gasteiger partial charge on any atom is -0.309 e. The van der Waals surface area contributed by atoms with Gasteiger partial charge >= 0.3 is 0 Å². The number of rotatable bonds is 6. The Morgan fingerprint density at radius 2 is 1.26 bits per heavy atom. The number of hydrogen-bond donors (Lipinski definition) is 0. The molecule has 1 atom stereocenters. The van der Waals surface area contributed by atoms with Crippen LogP contribution in [0.5, 0.6) is 0 Å². The van der Waals surface area contributed by atoms with E-state index in [4.69, 9.17) is 15.2 Å². The molecule has 0 N–H and O–H groups in total.